The van der Waals surface area contributed by atoms with Gasteiger partial charge in [-0.05, 0) is 51.4 Å². The molecule has 8 nitrogen and oxygen atoms in total. The number of Topliss-reactive ketones (excluding diaryl/α,β-unsaturated/α-hetero) is 2. The number of hydrogen-bond donors (Lipinski definition) is 2. The maximum Gasteiger partial charge on any atom is 0.229 e. The lowest BCUT2D eigenvalue weighted by Crippen LogP contribution is -2.32. The first-order chi connectivity index (χ1) is 15.5. The molecule has 0 spiro atoms. The van der Waals surface area contributed by atoms with Crippen LogP contribution >= 0.6 is 22.7 Å². The first-order valence-corrected chi connectivity index (χ1v) is 12.8. The van der Waals surface area contributed by atoms with E-state index in [1.54, 1.807) is 0 Å². The average molecular weight is 473 g/mol. The number of carbonyl (C=O) groups excluding carboxylic acids is 4. The Morgan fingerprint density at radius 3 is 1.47 bits per heavy atom. The van der Waals surface area contributed by atoms with E-state index in [-0.39, 0.29) is 35.2 Å². The Kier molecular flexibility index (Phi) is 5.90. The highest BCUT2D eigenvalue weighted by Gasteiger charge is 2.32. The van der Waals surface area contributed by atoms with Crippen LogP contribution in [0, 0.1) is 11.8 Å². The normalized spacial score (nSPS) is 22.8. The van der Waals surface area contributed by atoms with Gasteiger partial charge in [-0.15, -0.1) is 0 Å². The van der Waals surface area contributed by atoms with Gasteiger partial charge in [-0.2, -0.15) is 0 Å². The van der Waals surface area contributed by atoms with Crippen LogP contribution in [0.1, 0.15) is 82.1 Å². The van der Waals surface area contributed by atoms with Crippen molar-refractivity contribution in [3.8, 4) is 0 Å². The van der Waals surface area contributed by atoms with E-state index in [0.717, 1.165) is 37.1 Å². The van der Waals surface area contributed by atoms with Crippen LogP contribution in [0.5, 0.6) is 0 Å². The summed E-state index contributed by atoms with van der Waals surface area (Å²) in [5.41, 5.74) is 1.60. The fraction of sp³-hybridized carbons (Fsp3) is 0.545. The van der Waals surface area contributed by atoms with Crippen LogP contribution < -0.4 is 10.6 Å². The van der Waals surface area contributed by atoms with Gasteiger partial charge in [0.1, 0.15) is 0 Å². The van der Waals surface area contributed by atoms with Crippen molar-refractivity contribution in [2.75, 3.05) is 10.6 Å². The van der Waals surface area contributed by atoms with E-state index in [2.05, 4.69) is 20.6 Å². The monoisotopic (exact) mass is 472 g/mol. The van der Waals surface area contributed by atoms with Gasteiger partial charge in [0, 0.05) is 24.7 Å². The van der Waals surface area contributed by atoms with Gasteiger partial charge < -0.3 is 10.6 Å². The number of nitrogens with one attached hydrogen (secondary N) is 2. The molecular formula is C22H24N4O4S2. The first kappa shape index (κ1) is 21.4. The molecule has 3 aliphatic carbocycles. The van der Waals surface area contributed by atoms with E-state index in [0.29, 0.717) is 58.5 Å². The lowest BCUT2D eigenvalue weighted by Gasteiger charge is -2.26. The number of nitrogens with zero attached hydrogens (tertiary/aromatic N) is 2. The van der Waals surface area contributed by atoms with Crippen LogP contribution in [0.15, 0.2) is 0 Å². The molecule has 2 N–H and O–H groups in total. The third kappa shape index (κ3) is 4.25. The number of aryl methyl sites for hydroxylation is 2. The molecule has 168 valence electrons. The highest BCUT2D eigenvalue weighted by atomic mass is 32.1. The van der Waals surface area contributed by atoms with Crippen molar-refractivity contribution in [1.29, 1.82) is 0 Å². The average Bonchev–Trinajstić information content (AvgIpc) is 3.39. The van der Waals surface area contributed by atoms with E-state index in [1.807, 2.05) is 0 Å². The zero-order chi connectivity index (χ0) is 22.2. The van der Waals surface area contributed by atoms with Crippen molar-refractivity contribution in [2.24, 2.45) is 11.8 Å². The molecule has 0 bridgehead atoms. The number of thiazole rings is 2. The molecule has 0 aromatic carbocycles. The van der Waals surface area contributed by atoms with Crippen molar-refractivity contribution >= 4 is 56.3 Å². The summed E-state index contributed by atoms with van der Waals surface area (Å²) in [5.74, 6) is -0.287. The number of anilines is 2. The van der Waals surface area contributed by atoms with E-state index in [1.165, 1.54) is 22.7 Å². The highest BCUT2D eigenvalue weighted by molar-refractivity contribution is 7.18. The SMILES string of the molecule is O=C1CCCc2nc(NC(=O)C3CCC(C(=O)Nc4nc5c(s4)C(=O)CCC5)CC3)sc21. The summed E-state index contributed by atoms with van der Waals surface area (Å²) in [7, 11) is 0. The van der Waals surface area contributed by atoms with Gasteiger partial charge in [-0.25, -0.2) is 9.97 Å². The van der Waals surface area contributed by atoms with Crippen LogP contribution in [0.2, 0.25) is 0 Å². The molecule has 3 aliphatic rings. The minimum absolute atomic E-state index is 0.0893. The number of fused-ring (bicyclic) bond motifs is 2. The smallest absolute Gasteiger partial charge is 0.229 e. The summed E-state index contributed by atoms with van der Waals surface area (Å²) in [6.07, 6.45) is 6.80. The summed E-state index contributed by atoms with van der Waals surface area (Å²) in [5, 5.41) is 6.76. The lowest BCUT2D eigenvalue weighted by molar-refractivity contribution is -0.125. The zero-order valence-corrected chi connectivity index (χ0v) is 19.2. The quantitative estimate of drug-likeness (QED) is 0.694. The molecule has 5 rings (SSSR count). The van der Waals surface area contributed by atoms with Crippen molar-refractivity contribution < 1.29 is 19.2 Å². The lowest BCUT2D eigenvalue weighted by atomic mass is 9.81. The van der Waals surface area contributed by atoms with Crippen LogP contribution in [-0.4, -0.2) is 33.3 Å². The van der Waals surface area contributed by atoms with Gasteiger partial charge in [0.25, 0.3) is 0 Å². The summed E-state index contributed by atoms with van der Waals surface area (Å²) in [4.78, 5) is 59.6. The van der Waals surface area contributed by atoms with Crippen molar-refractivity contribution in [2.45, 2.75) is 64.2 Å². The fourth-order valence-corrected chi connectivity index (χ4v) is 6.64. The zero-order valence-electron chi connectivity index (χ0n) is 17.6. The molecule has 10 heteroatoms. The third-order valence-electron chi connectivity index (χ3n) is 6.47. The second-order valence-electron chi connectivity index (χ2n) is 8.67. The number of ketones is 2. The number of hydrogen-bond acceptors (Lipinski definition) is 8. The largest absolute Gasteiger partial charge is 0.302 e. The standard InChI is InChI=1S/C22H24N4O4S2/c27-15-5-1-3-13-17(15)31-21(23-13)25-19(29)11-7-9-12(10-8-11)20(30)26-22-24-14-4-2-6-16(28)18(14)32-22/h11-12H,1-10H2,(H,23,25,29)(H,24,26,30). The summed E-state index contributed by atoms with van der Waals surface area (Å²) >= 11 is 2.53. The second-order valence-corrected chi connectivity index (χ2v) is 10.7. The van der Waals surface area contributed by atoms with Crippen LogP contribution in [0.25, 0.3) is 0 Å². The Labute approximate surface area is 193 Å². The number of carbonyl (C=O) groups is 4. The molecule has 0 unspecified atom stereocenters. The molecule has 0 radical (unpaired) electrons. The third-order valence-corrected chi connectivity index (χ3v) is 8.57. The molecule has 2 amide bonds. The number of rotatable bonds is 4. The molecule has 1 saturated carbocycles. The Morgan fingerprint density at radius 2 is 1.09 bits per heavy atom. The molecule has 2 aromatic rings. The predicted molar refractivity (Wildman–Crippen MR) is 121 cm³/mol. The maximum atomic E-state index is 12.7. The topological polar surface area (TPSA) is 118 Å². The second kappa shape index (κ2) is 8.82. The van der Waals surface area contributed by atoms with E-state index in [4.69, 9.17) is 0 Å². The van der Waals surface area contributed by atoms with Crippen molar-refractivity contribution in [3.05, 3.63) is 21.1 Å². The summed E-state index contributed by atoms with van der Waals surface area (Å²) < 4.78 is 0. The summed E-state index contributed by atoms with van der Waals surface area (Å²) in [6, 6.07) is 0. The first-order valence-electron chi connectivity index (χ1n) is 11.2. The molecule has 0 aliphatic heterocycles. The number of aromatic nitrogens is 2. The molecule has 1 fully saturated rings. The van der Waals surface area contributed by atoms with Crippen LogP contribution in [0.4, 0.5) is 10.3 Å². The van der Waals surface area contributed by atoms with Gasteiger partial charge in [-0.3, -0.25) is 19.2 Å². The van der Waals surface area contributed by atoms with E-state index < -0.39 is 0 Å². The van der Waals surface area contributed by atoms with E-state index >= 15 is 0 Å². The van der Waals surface area contributed by atoms with Crippen molar-refractivity contribution in [3.63, 3.8) is 0 Å². The fourth-order valence-electron chi connectivity index (χ4n) is 4.68. The predicted octanol–water partition coefficient (Wildman–Crippen LogP) is 4.02. The Balaban J connectivity index is 1.14. The molecular weight excluding hydrogens is 448 g/mol. The number of amides is 2. The Hall–Kier alpha value is -2.46. The van der Waals surface area contributed by atoms with Gasteiger partial charge in [0.05, 0.1) is 21.1 Å². The summed E-state index contributed by atoms with van der Waals surface area (Å²) in [6.45, 7) is 0. The molecule has 0 atom stereocenters. The molecule has 2 heterocycles. The van der Waals surface area contributed by atoms with Gasteiger partial charge in [0.15, 0.2) is 21.8 Å². The van der Waals surface area contributed by atoms with Gasteiger partial charge in [0.2, 0.25) is 11.8 Å². The minimum Gasteiger partial charge on any atom is -0.302 e. The minimum atomic E-state index is -0.166. The highest BCUT2D eigenvalue weighted by Crippen LogP contribution is 2.34. The molecule has 0 saturated heterocycles. The molecule has 2 aromatic heterocycles. The van der Waals surface area contributed by atoms with E-state index in [9.17, 15) is 19.2 Å². The van der Waals surface area contributed by atoms with Crippen molar-refractivity contribution in [1.82, 2.24) is 9.97 Å². The van der Waals surface area contributed by atoms with Crippen LogP contribution in [-0.2, 0) is 22.4 Å². The van der Waals surface area contributed by atoms with Gasteiger partial charge in [-0.1, -0.05) is 22.7 Å². The maximum absolute atomic E-state index is 12.7. The van der Waals surface area contributed by atoms with Crippen LogP contribution in [0.3, 0.4) is 0 Å². The Morgan fingerprint density at radius 1 is 0.688 bits per heavy atom. The Bertz CT molecular complexity index is 1010. The van der Waals surface area contributed by atoms with Gasteiger partial charge >= 0.3 is 0 Å². The molecule has 32 heavy (non-hydrogen) atoms.